The van der Waals surface area contributed by atoms with Crippen molar-refractivity contribution in [3.8, 4) is 16.9 Å². The molecule has 25 heavy (non-hydrogen) atoms. The predicted octanol–water partition coefficient (Wildman–Crippen LogP) is 3.64. The Morgan fingerprint density at radius 2 is 1.72 bits per heavy atom. The van der Waals surface area contributed by atoms with E-state index >= 15 is 0 Å². The number of hydrogen-bond donors (Lipinski definition) is 1. The summed E-state index contributed by atoms with van der Waals surface area (Å²) in [7, 11) is 0. The highest BCUT2D eigenvalue weighted by molar-refractivity contribution is 7.13. The van der Waals surface area contributed by atoms with Crippen LogP contribution < -0.4 is 5.32 Å². The molecule has 7 heteroatoms. The number of amides is 1. The van der Waals surface area contributed by atoms with Crippen LogP contribution in [0.2, 0.25) is 0 Å². The van der Waals surface area contributed by atoms with Gasteiger partial charge in [-0.05, 0) is 18.2 Å². The van der Waals surface area contributed by atoms with Crippen LogP contribution in [-0.2, 0) is 0 Å². The van der Waals surface area contributed by atoms with Gasteiger partial charge in [0, 0.05) is 5.56 Å². The Morgan fingerprint density at radius 3 is 2.40 bits per heavy atom. The van der Waals surface area contributed by atoms with Gasteiger partial charge < -0.3 is 0 Å². The van der Waals surface area contributed by atoms with E-state index in [1.165, 1.54) is 11.3 Å². The van der Waals surface area contributed by atoms with Crippen molar-refractivity contribution in [3.63, 3.8) is 0 Å². The first-order chi connectivity index (χ1) is 12.3. The SMILES string of the molecule is O=C(Nc1nncs1)c1cc(-c2ccccc2)nn1-c1ccccc1. The molecule has 0 aliphatic heterocycles. The monoisotopic (exact) mass is 347 g/mol. The third-order valence-corrected chi connectivity index (χ3v) is 4.20. The van der Waals surface area contributed by atoms with Crippen LogP contribution in [0.3, 0.4) is 0 Å². The first-order valence-electron chi connectivity index (χ1n) is 7.60. The summed E-state index contributed by atoms with van der Waals surface area (Å²) in [6.07, 6.45) is 0. The van der Waals surface area contributed by atoms with Gasteiger partial charge in [-0.3, -0.25) is 10.1 Å². The van der Waals surface area contributed by atoms with Gasteiger partial charge in [0.05, 0.1) is 11.4 Å². The summed E-state index contributed by atoms with van der Waals surface area (Å²) in [6.45, 7) is 0. The van der Waals surface area contributed by atoms with E-state index in [1.54, 1.807) is 16.3 Å². The Bertz CT molecular complexity index is 981. The lowest BCUT2D eigenvalue weighted by atomic mass is 10.1. The fourth-order valence-corrected chi connectivity index (χ4v) is 2.89. The first-order valence-corrected chi connectivity index (χ1v) is 8.47. The minimum atomic E-state index is -0.282. The maximum Gasteiger partial charge on any atom is 0.276 e. The van der Waals surface area contributed by atoms with Crippen LogP contribution in [0.15, 0.2) is 72.2 Å². The molecule has 4 rings (SSSR count). The molecule has 2 heterocycles. The highest BCUT2D eigenvalue weighted by atomic mass is 32.1. The lowest BCUT2D eigenvalue weighted by Gasteiger charge is -2.06. The highest BCUT2D eigenvalue weighted by Gasteiger charge is 2.18. The Kier molecular flexibility index (Phi) is 4.05. The zero-order valence-electron chi connectivity index (χ0n) is 13.0. The molecule has 0 saturated carbocycles. The number of aromatic nitrogens is 4. The van der Waals surface area contributed by atoms with Crippen molar-refractivity contribution in [3.05, 3.63) is 77.9 Å². The van der Waals surface area contributed by atoms with Gasteiger partial charge in [-0.2, -0.15) is 5.10 Å². The number of nitrogens with one attached hydrogen (secondary N) is 1. The summed E-state index contributed by atoms with van der Waals surface area (Å²) >= 11 is 1.27. The lowest BCUT2D eigenvalue weighted by molar-refractivity contribution is 0.101. The van der Waals surface area contributed by atoms with Crippen molar-refractivity contribution in [2.24, 2.45) is 0 Å². The van der Waals surface area contributed by atoms with E-state index in [0.29, 0.717) is 10.8 Å². The summed E-state index contributed by atoms with van der Waals surface area (Å²) in [4.78, 5) is 12.7. The first kappa shape index (κ1) is 15.2. The van der Waals surface area contributed by atoms with Crippen LogP contribution in [0.25, 0.3) is 16.9 Å². The molecular weight excluding hydrogens is 334 g/mol. The molecule has 0 spiro atoms. The van der Waals surface area contributed by atoms with Gasteiger partial charge in [0.25, 0.3) is 5.91 Å². The Hall–Kier alpha value is -3.32. The standard InChI is InChI=1S/C18H13N5OS/c24-17(20-18-21-19-12-25-18)16-11-15(13-7-3-1-4-8-13)22-23(16)14-9-5-2-6-10-14/h1-12H,(H,20,21,24). The topological polar surface area (TPSA) is 72.7 Å². The van der Waals surface area contributed by atoms with Crippen LogP contribution in [-0.4, -0.2) is 25.9 Å². The molecule has 0 aliphatic carbocycles. The van der Waals surface area contributed by atoms with E-state index in [-0.39, 0.29) is 5.91 Å². The quantitative estimate of drug-likeness (QED) is 0.612. The summed E-state index contributed by atoms with van der Waals surface area (Å²) in [5.41, 5.74) is 4.49. The summed E-state index contributed by atoms with van der Waals surface area (Å²) in [5.74, 6) is -0.282. The van der Waals surface area contributed by atoms with E-state index in [4.69, 9.17) is 0 Å². The summed E-state index contributed by atoms with van der Waals surface area (Å²) < 4.78 is 1.64. The van der Waals surface area contributed by atoms with E-state index in [1.807, 2.05) is 60.7 Å². The number of para-hydroxylation sites is 1. The van der Waals surface area contributed by atoms with Gasteiger partial charge in [0.15, 0.2) is 0 Å². The molecule has 0 radical (unpaired) electrons. The molecule has 6 nitrogen and oxygen atoms in total. The lowest BCUT2D eigenvalue weighted by Crippen LogP contribution is -2.16. The number of rotatable bonds is 4. The zero-order valence-corrected chi connectivity index (χ0v) is 13.9. The Morgan fingerprint density at radius 1 is 1.00 bits per heavy atom. The fraction of sp³-hybridized carbons (Fsp3) is 0. The Balaban J connectivity index is 1.78. The number of carbonyl (C=O) groups is 1. The minimum absolute atomic E-state index is 0.282. The molecule has 2 aromatic heterocycles. The molecule has 0 fully saturated rings. The van der Waals surface area contributed by atoms with Gasteiger partial charge in [-0.25, -0.2) is 4.68 Å². The number of hydrogen-bond acceptors (Lipinski definition) is 5. The molecule has 0 saturated heterocycles. The molecule has 0 atom stereocenters. The summed E-state index contributed by atoms with van der Waals surface area (Å²) in [5, 5.41) is 15.4. The fourth-order valence-electron chi connectivity index (χ4n) is 2.45. The van der Waals surface area contributed by atoms with Crippen molar-refractivity contribution in [1.29, 1.82) is 0 Å². The van der Waals surface area contributed by atoms with Crippen molar-refractivity contribution in [2.45, 2.75) is 0 Å². The molecule has 0 unspecified atom stereocenters. The molecule has 1 N–H and O–H groups in total. The Labute approximate surface area is 147 Å². The molecule has 4 aromatic rings. The summed E-state index contributed by atoms with van der Waals surface area (Å²) in [6, 6.07) is 21.1. The van der Waals surface area contributed by atoms with Crippen molar-refractivity contribution < 1.29 is 4.79 Å². The number of nitrogens with zero attached hydrogens (tertiary/aromatic N) is 4. The molecule has 0 aliphatic rings. The number of benzene rings is 2. The average molecular weight is 347 g/mol. The van der Waals surface area contributed by atoms with E-state index in [2.05, 4.69) is 20.6 Å². The minimum Gasteiger partial charge on any atom is -0.295 e. The van der Waals surface area contributed by atoms with Crippen LogP contribution >= 0.6 is 11.3 Å². The zero-order chi connectivity index (χ0) is 17.1. The molecule has 1 amide bonds. The molecule has 0 bridgehead atoms. The van der Waals surface area contributed by atoms with Gasteiger partial charge in [-0.15, -0.1) is 10.2 Å². The van der Waals surface area contributed by atoms with Crippen molar-refractivity contribution in [2.75, 3.05) is 5.32 Å². The third-order valence-electron chi connectivity index (χ3n) is 3.59. The van der Waals surface area contributed by atoms with Crippen molar-refractivity contribution >= 4 is 22.4 Å². The third kappa shape index (κ3) is 3.17. The molecular formula is C18H13N5OS. The second kappa shape index (κ2) is 6.66. The molecule has 2 aromatic carbocycles. The second-order valence-electron chi connectivity index (χ2n) is 5.23. The van der Waals surface area contributed by atoms with Gasteiger partial charge in [0.1, 0.15) is 11.2 Å². The van der Waals surface area contributed by atoms with Gasteiger partial charge in [-0.1, -0.05) is 59.9 Å². The predicted molar refractivity (Wildman–Crippen MR) is 96.9 cm³/mol. The largest absolute Gasteiger partial charge is 0.295 e. The van der Waals surface area contributed by atoms with E-state index in [0.717, 1.165) is 16.9 Å². The van der Waals surface area contributed by atoms with Gasteiger partial charge >= 0.3 is 0 Å². The van der Waals surface area contributed by atoms with Crippen molar-refractivity contribution in [1.82, 2.24) is 20.0 Å². The van der Waals surface area contributed by atoms with Crippen LogP contribution in [0.5, 0.6) is 0 Å². The van der Waals surface area contributed by atoms with Crippen LogP contribution in [0, 0.1) is 0 Å². The average Bonchev–Trinajstić information content (AvgIpc) is 3.33. The smallest absolute Gasteiger partial charge is 0.276 e. The number of anilines is 1. The van der Waals surface area contributed by atoms with Gasteiger partial charge in [0.2, 0.25) is 5.13 Å². The maximum absolute atomic E-state index is 12.7. The maximum atomic E-state index is 12.7. The van der Waals surface area contributed by atoms with E-state index in [9.17, 15) is 4.79 Å². The van der Waals surface area contributed by atoms with Crippen LogP contribution in [0.1, 0.15) is 10.5 Å². The van der Waals surface area contributed by atoms with E-state index < -0.39 is 0 Å². The molecule has 122 valence electrons. The second-order valence-corrected chi connectivity index (χ2v) is 6.06. The normalized spacial score (nSPS) is 10.6. The number of carbonyl (C=O) groups excluding carboxylic acids is 1. The van der Waals surface area contributed by atoms with Crippen LogP contribution in [0.4, 0.5) is 5.13 Å². The highest BCUT2D eigenvalue weighted by Crippen LogP contribution is 2.22.